The molecule has 0 unspecified atom stereocenters. The van der Waals surface area contributed by atoms with Gasteiger partial charge in [0, 0.05) is 12.2 Å². The molecule has 1 aliphatic rings. The summed E-state index contributed by atoms with van der Waals surface area (Å²) in [5.74, 6) is -0.896. The van der Waals surface area contributed by atoms with Crippen molar-refractivity contribution in [3.05, 3.63) is 29.3 Å². The molecule has 3 N–H and O–H groups in total. The highest BCUT2D eigenvalue weighted by atomic mass is 16.4. The highest BCUT2D eigenvalue weighted by Crippen LogP contribution is 2.16. The van der Waals surface area contributed by atoms with E-state index in [-0.39, 0.29) is 0 Å². The summed E-state index contributed by atoms with van der Waals surface area (Å²) in [7, 11) is 0. The average Bonchev–Trinajstić information content (AvgIpc) is 2.80. The quantitative estimate of drug-likeness (QED) is 0.777. The minimum absolute atomic E-state index is 0.315. The third kappa shape index (κ3) is 2.97. The first kappa shape index (κ1) is 11.9. The summed E-state index contributed by atoms with van der Waals surface area (Å²) in [6, 6.07) is 4.92. The van der Waals surface area contributed by atoms with Crippen LogP contribution in [0.15, 0.2) is 18.2 Å². The number of benzene rings is 1. The van der Waals surface area contributed by atoms with Gasteiger partial charge in [0.1, 0.15) is 0 Å². The van der Waals surface area contributed by atoms with Gasteiger partial charge in [-0.05, 0) is 56.1 Å². The van der Waals surface area contributed by atoms with Crippen LogP contribution in [-0.4, -0.2) is 35.6 Å². The molecule has 1 fully saturated rings. The summed E-state index contributed by atoms with van der Waals surface area (Å²) in [5, 5.41) is 8.93. The molecule has 4 nitrogen and oxygen atoms in total. The van der Waals surface area contributed by atoms with Crippen LogP contribution < -0.4 is 5.73 Å². The Labute approximate surface area is 101 Å². The van der Waals surface area contributed by atoms with Crippen molar-refractivity contribution < 1.29 is 9.90 Å². The largest absolute Gasteiger partial charge is 0.478 e. The molecule has 1 heterocycles. The molecule has 0 spiro atoms. The van der Waals surface area contributed by atoms with Gasteiger partial charge in [0.25, 0.3) is 0 Å². The molecular weight excluding hydrogens is 216 g/mol. The fourth-order valence-corrected chi connectivity index (χ4v) is 2.24. The van der Waals surface area contributed by atoms with Crippen molar-refractivity contribution in [3.63, 3.8) is 0 Å². The van der Waals surface area contributed by atoms with Gasteiger partial charge in [-0.25, -0.2) is 4.79 Å². The van der Waals surface area contributed by atoms with Crippen molar-refractivity contribution in [3.8, 4) is 0 Å². The molecular formula is C13H18N2O2. The highest BCUT2D eigenvalue weighted by Gasteiger charge is 2.12. The summed E-state index contributed by atoms with van der Waals surface area (Å²) in [6.07, 6.45) is 3.36. The minimum atomic E-state index is -0.896. The molecule has 1 aromatic rings. The monoisotopic (exact) mass is 234 g/mol. The van der Waals surface area contributed by atoms with Crippen LogP contribution in [0.5, 0.6) is 0 Å². The molecule has 0 atom stereocenters. The van der Waals surface area contributed by atoms with Crippen LogP contribution in [0, 0.1) is 0 Å². The molecule has 1 aromatic carbocycles. The molecule has 0 saturated carbocycles. The molecule has 0 radical (unpaired) electrons. The molecule has 0 bridgehead atoms. The number of anilines is 1. The molecule has 0 aromatic heterocycles. The molecule has 0 aliphatic carbocycles. The van der Waals surface area contributed by atoms with Crippen LogP contribution in [0.4, 0.5) is 5.69 Å². The predicted molar refractivity (Wildman–Crippen MR) is 67.2 cm³/mol. The second-order valence-electron chi connectivity index (χ2n) is 4.52. The van der Waals surface area contributed by atoms with Crippen LogP contribution in [0.3, 0.4) is 0 Å². The lowest BCUT2D eigenvalue weighted by atomic mass is 10.1. The van der Waals surface area contributed by atoms with E-state index in [0.717, 1.165) is 31.6 Å². The second-order valence-corrected chi connectivity index (χ2v) is 4.52. The van der Waals surface area contributed by atoms with Crippen LogP contribution >= 0.6 is 0 Å². The fourth-order valence-electron chi connectivity index (χ4n) is 2.24. The Morgan fingerprint density at radius 1 is 1.35 bits per heavy atom. The SMILES string of the molecule is Nc1ccc(C(=O)O)cc1CCN1CCCC1. The van der Waals surface area contributed by atoms with Crippen molar-refractivity contribution in [2.75, 3.05) is 25.4 Å². The Hall–Kier alpha value is -1.55. The van der Waals surface area contributed by atoms with Gasteiger partial charge in [-0.3, -0.25) is 0 Å². The van der Waals surface area contributed by atoms with Gasteiger partial charge >= 0.3 is 5.97 Å². The maximum Gasteiger partial charge on any atom is 0.335 e. The van der Waals surface area contributed by atoms with Crippen LogP contribution in [0.25, 0.3) is 0 Å². The molecule has 2 rings (SSSR count). The van der Waals surface area contributed by atoms with E-state index in [1.165, 1.54) is 12.8 Å². The topological polar surface area (TPSA) is 66.6 Å². The van der Waals surface area contributed by atoms with Crippen molar-refractivity contribution >= 4 is 11.7 Å². The van der Waals surface area contributed by atoms with Gasteiger partial charge < -0.3 is 15.7 Å². The Morgan fingerprint density at radius 3 is 2.71 bits per heavy atom. The average molecular weight is 234 g/mol. The van der Waals surface area contributed by atoms with Gasteiger partial charge in [0.05, 0.1) is 5.56 Å². The minimum Gasteiger partial charge on any atom is -0.478 e. The third-order valence-corrected chi connectivity index (χ3v) is 3.29. The number of likely N-dealkylation sites (tertiary alicyclic amines) is 1. The van der Waals surface area contributed by atoms with E-state index in [0.29, 0.717) is 11.3 Å². The first-order valence-electron chi connectivity index (χ1n) is 6.01. The summed E-state index contributed by atoms with van der Waals surface area (Å²) < 4.78 is 0. The number of rotatable bonds is 4. The fraction of sp³-hybridized carbons (Fsp3) is 0.462. The Bertz CT molecular complexity index is 412. The van der Waals surface area contributed by atoms with Crippen LogP contribution in [0.2, 0.25) is 0 Å². The molecule has 0 amide bonds. The van der Waals surface area contributed by atoms with Gasteiger partial charge in [-0.2, -0.15) is 0 Å². The summed E-state index contributed by atoms with van der Waals surface area (Å²) in [5.41, 5.74) is 7.81. The molecule has 92 valence electrons. The first-order chi connectivity index (χ1) is 8.16. The number of hydrogen-bond acceptors (Lipinski definition) is 3. The maximum atomic E-state index is 10.9. The zero-order chi connectivity index (χ0) is 12.3. The third-order valence-electron chi connectivity index (χ3n) is 3.29. The summed E-state index contributed by atoms with van der Waals surface area (Å²) in [6.45, 7) is 3.27. The van der Waals surface area contributed by atoms with Crippen LogP contribution in [-0.2, 0) is 6.42 Å². The number of hydrogen-bond donors (Lipinski definition) is 2. The normalized spacial score (nSPS) is 16.2. The lowest BCUT2D eigenvalue weighted by Gasteiger charge is -2.15. The Kier molecular flexibility index (Phi) is 3.64. The van der Waals surface area contributed by atoms with Crippen molar-refractivity contribution in [1.29, 1.82) is 0 Å². The van der Waals surface area contributed by atoms with Gasteiger partial charge in [0.15, 0.2) is 0 Å². The number of nitrogens with two attached hydrogens (primary N) is 1. The Morgan fingerprint density at radius 2 is 2.06 bits per heavy atom. The molecule has 1 aliphatic heterocycles. The maximum absolute atomic E-state index is 10.9. The van der Waals surface area contributed by atoms with E-state index < -0.39 is 5.97 Å². The lowest BCUT2D eigenvalue weighted by molar-refractivity contribution is 0.0697. The van der Waals surface area contributed by atoms with Crippen molar-refractivity contribution in [2.45, 2.75) is 19.3 Å². The standard InChI is InChI=1S/C13H18N2O2/c14-12-4-3-11(13(16)17)9-10(12)5-8-15-6-1-2-7-15/h3-4,9H,1-2,5-8,14H2,(H,16,17). The van der Waals surface area contributed by atoms with E-state index >= 15 is 0 Å². The molecule has 1 saturated heterocycles. The number of carbonyl (C=O) groups is 1. The summed E-state index contributed by atoms with van der Waals surface area (Å²) in [4.78, 5) is 13.3. The molecule has 4 heteroatoms. The van der Waals surface area contributed by atoms with Crippen molar-refractivity contribution in [1.82, 2.24) is 4.90 Å². The number of nitrogens with zero attached hydrogens (tertiary/aromatic N) is 1. The van der Waals surface area contributed by atoms with Crippen molar-refractivity contribution in [2.24, 2.45) is 0 Å². The highest BCUT2D eigenvalue weighted by molar-refractivity contribution is 5.88. The number of aromatic carboxylic acids is 1. The van der Waals surface area contributed by atoms with E-state index in [4.69, 9.17) is 10.8 Å². The zero-order valence-electron chi connectivity index (χ0n) is 9.85. The molecule has 17 heavy (non-hydrogen) atoms. The second kappa shape index (κ2) is 5.19. The lowest BCUT2D eigenvalue weighted by Crippen LogP contribution is -2.22. The smallest absolute Gasteiger partial charge is 0.335 e. The number of carboxylic acids is 1. The van der Waals surface area contributed by atoms with E-state index in [1.807, 2.05) is 0 Å². The van der Waals surface area contributed by atoms with E-state index in [1.54, 1.807) is 18.2 Å². The first-order valence-corrected chi connectivity index (χ1v) is 6.01. The van der Waals surface area contributed by atoms with E-state index in [9.17, 15) is 4.79 Å². The Balaban J connectivity index is 2.03. The van der Waals surface area contributed by atoms with Gasteiger partial charge in [-0.15, -0.1) is 0 Å². The number of carboxylic acid groups (broad SMARTS) is 1. The zero-order valence-corrected chi connectivity index (χ0v) is 9.85. The summed E-state index contributed by atoms with van der Waals surface area (Å²) >= 11 is 0. The number of nitrogen functional groups attached to an aromatic ring is 1. The van der Waals surface area contributed by atoms with Gasteiger partial charge in [0.2, 0.25) is 0 Å². The van der Waals surface area contributed by atoms with E-state index in [2.05, 4.69) is 4.90 Å². The predicted octanol–water partition coefficient (Wildman–Crippen LogP) is 1.61. The van der Waals surface area contributed by atoms with Crippen LogP contribution in [0.1, 0.15) is 28.8 Å². The van der Waals surface area contributed by atoms with Gasteiger partial charge in [-0.1, -0.05) is 0 Å².